The Bertz CT molecular complexity index is 1130. The number of carbonyl (C=O) groups excluding carboxylic acids is 2. The smallest absolute Gasteiger partial charge is 0.245 e. The third-order valence-electron chi connectivity index (χ3n) is 5.01. The molecule has 1 unspecified atom stereocenters. The summed E-state index contributed by atoms with van der Waals surface area (Å²) in [6.07, 6.45) is 0. The molecule has 2 aromatic rings. The van der Waals surface area contributed by atoms with Gasteiger partial charge in [0.05, 0.1) is 11.1 Å². The van der Waals surface area contributed by atoms with E-state index in [2.05, 4.69) is 5.32 Å². The van der Waals surface area contributed by atoms with Gasteiger partial charge < -0.3 is 20.9 Å². The third kappa shape index (κ3) is 1.95. The van der Waals surface area contributed by atoms with Gasteiger partial charge in [-0.05, 0) is 32.0 Å². The maximum Gasteiger partial charge on any atom is 0.245 e. The number of hydrogen-bond donors (Lipinski definition) is 3. The van der Waals surface area contributed by atoms with Crippen LogP contribution in [0.2, 0.25) is 0 Å². The molecule has 0 saturated carbocycles. The third-order valence-corrected chi connectivity index (χ3v) is 5.01. The van der Waals surface area contributed by atoms with Crippen LogP contribution in [0, 0.1) is 18.3 Å². The van der Waals surface area contributed by atoms with Gasteiger partial charge >= 0.3 is 0 Å². The average Bonchev–Trinajstić information content (AvgIpc) is 2.87. The zero-order valence-corrected chi connectivity index (χ0v) is 14.6. The minimum Gasteiger partial charge on any atom is -0.507 e. The van der Waals surface area contributed by atoms with Gasteiger partial charge in [0, 0.05) is 11.3 Å². The standard InChI is InChI=1S/C20H15N3O4/c1-9-3-5-14-12(7-9)20(19(26)23-14)13(8-21)18(22)27-15-6-4-11(10(2)24)17(25)16(15)20/h3-7,25H,22H2,1-2H3,(H,23,26). The van der Waals surface area contributed by atoms with E-state index in [1.165, 1.54) is 19.1 Å². The molecule has 0 saturated heterocycles. The highest BCUT2D eigenvalue weighted by Gasteiger charge is 2.58. The lowest BCUT2D eigenvalue weighted by molar-refractivity contribution is -0.118. The predicted molar refractivity (Wildman–Crippen MR) is 96.2 cm³/mol. The van der Waals surface area contributed by atoms with E-state index < -0.39 is 17.1 Å². The number of nitrogens with one attached hydrogen (secondary N) is 1. The number of amides is 1. The second-order valence-corrected chi connectivity index (χ2v) is 6.60. The first-order chi connectivity index (χ1) is 12.8. The van der Waals surface area contributed by atoms with Crippen LogP contribution in [0.15, 0.2) is 41.8 Å². The van der Waals surface area contributed by atoms with E-state index in [0.717, 1.165) is 5.56 Å². The van der Waals surface area contributed by atoms with Crippen molar-refractivity contribution in [1.82, 2.24) is 0 Å². The number of ether oxygens (including phenoxy) is 1. The number of aromatic hydroxyl groups is 1. The molecular weight excluding hydrogens is 346 g/mol. The quantitative estimate of drug-likeness (QED) is 0.669. The summed E-state index contributed by atoms with van der Waals surface area (Å²) >= 11 is 0. The highest BCUT2D eigenvalue weighted by Crippen LogP contribution is 2.56. The summed E-state index contributed by atoms with van der Waals surface area (Å²) in [5.41, 5.74) is 6.07. The van der Waals surface area contributed by atoms with Crippen LogP contribution in [0.25, 0.3) is 0 Å². The van der Waals surface area contributed by atoms with Crippen molar-refractivity contribution in [2.24, 2.45) is 5.73 Å². The van der Waals surface area contributed by atoms with E-state index >= 15 is 0 Å². The maximum absolute atomic E-state index is 13.2. The normalized spacial score (nSPS) is 19.8. The van der Waals surface area contributed by atoms with Gasteiger partial charge in [-0.25, -0.2) is 0 Å². The number of phenolic OH excluding ortho intramolecular Hbond substituents is 1. The van der Waals surface area contributed by atoms with Gasteiger partial charge in [-0.15, -0.1) is 0 Å². The Morgan fingerprint density at radius 2 is 2.07 bits per heavy atom. The number of nitrogens with two attached hydrogens (primary N) is 1. The number of rotatable bonds is 1. The fourth-order valence-electron chi connectivity index (χ4n) is 3.83. The van der Waals surface area contributed by atoms with Crippen molar-refractivity contribution in [2.75, 3.05) is 5.32 Å². The van der Waals surface area contributed by atoms with Crippen molar-refractivity contribution in [3.63, 3.8) is 0 Å². The molecule has 134 valence electrons. The number of nitrogens with zero attached hydrogens (tertiary/aromatic N) is 1. The number of hydrogen-bond acceptors (Lipinski definition) is 6. The number of anilines is 1. The fourth-order valence-corrected chi connectivity index (χ4v) is 3.83. The van der Waals surface area contributed by atoms with Crippen LogP contribution in [0.3, 0.4) is 0 Å². The minimum atomic E-state index is -1.69. The molecule has 0 aromatic heterocycles. The molecule has 7 heteroatoms. The number of carbonyl (C=O) groups is 2. The van der Waals surface area contributed by atoms with Crippen LogP contribution in [0.5, 0.6) is 11.5 Å². The van der Waals surface area contributed by atoms with Gasteiger partial charge in [-0.1, -0.05) is 17.7 Å². The van der Waals surface area contributed by atoms with E-state index in [4.69, 9.17) is 10.5 Å². The van der Waals surface area contributed by atoms with Crippen LogP contribution in [-0.4, -0.2) is 16.8 Å². The first-order valence-electron chi connectivity index (χ1n) is 8.20. The van der Waals surface area contributed by atoms with Gasteiger partial charge in [-0.3, -0.25) is 9.59 Å². The molecule has 2 aliphatic heterocycles. The summed E-state index contributed by atoms with van der Waals surface area (Å²) in [5.74, 6) is -1.41. The molecule has 0 aliphatic carbocycles. The summed E-state index contributed by atoms with van der Waals surface area (Å²) in [7, 11) is 0. The van der Waals surface area contributed by atoms with Gasteiger partial charge in [0.2, 0.25) is 11.8 Å². The number of fused-ring (bicyclic) bond motifs is 4. The summed E-state index contributed by atoms with van der Waals surface area (Å²) < 4.78 is 5.51. The van der Waals surface area contributed by atoms with Crippen LogP contribution in [-0.2, 0) is 10.2 Å². The SMILES string of the molecule is CC(=O)c1ccc2c(c1O)C1(C(=O)Nc3ccc(C)cc31)C(C#N)=C(N)O2. The molecule has 0 radical (unpaired) electrons. The molecule has 27 heavy (non-hydrogen) atoms. The summed E-state index contributed by atoms with van der Waals surface area (Å²) in [6, 6.07) is 10.1. The van der Waals surface area contributed by atoms with Crippen molar-refractivity contribution >= 4 is 17.4 Å². The zero-order chi connectivity index (χ0) is 19.5. The van der Waals surface area contributed by atoms with Crippen molar-refractivity contribution in [2.45, 2.75) is 19.3 Å². The van der Waals surface area contributed by atoms with Crippen molar-refractivity contribution in [3.8, 4) is 17.6 Å². The van der Waals surface area contributed by atoms with Gasteiger partial charge in [0.25, 0.3) is 0 Å². The second kappa shape index (κ2) is 5.35. The Morgan fingerprint density at radius 3 is 2.74 bits per heavy atom. The van der Waals surface area contributed by atoms with Crippen molar-refractivity contribution < 1.29 is 19.4 Å². The Hall–Kier alpha value is -3.79. The van der Waals surface area contributed by atoms with Crippen LogP contribution in [0.4, 0.5) is 5.69 Å². The molecule has 0 fully saturated rings. The minimum absolute atomic E-state index is 0.0309. The topological polar surface area (TPSA) is 125 Å². The molecule has 4 rings (SSSR count). The lowest BCUT2D eigenvalue weighted by Gasteiger charge is -2.34. The Morgan fingerprint density at radius 1 is 1.33 bits per heavy atom. The molecule has 2 heterocycles. The Kier molecular flexibility index (Phi) is 3.30. The number of phenols is 1. The molecule has 2 aliphatic rings. The summed E-state index contributed by atoms with van der Waals surface area (Å²) in [6.45, 7) is 3.15. The predicted octanol–water partition coefficient (Wildman–Crippen LogP) is 2.23. The van der Waals surface area contributed by atoms with Crippen molar-refractivity contribution in [3.05, 3.63) is 64.0 Å². The van der Waals surface area contributed by atoms with Crippen LogP contribution >= 0.6 is 0 Å². The van der Waals surface area contributed by atoms with Gasteiger partial charge in [-0.2, -0.15) is 5.26 Å². The number of Topliss-reactive ketones (excluding diaryl/α,β-unsaturated/α-hetero) is 1. The van der Waals surface area contributed by atoms with E-state index in [1.54, 1.807) is 12.1 Å². The largest absolute Gasteiger partial charge is 0.507 e. The van der Waals surface area contributed by atoms with Gasteiger partial charge in [0.15, 0.2) is 5.78 Å². The molecule has 1 spiro atoms. The average molecular weight is 361 g/mol. The first kappa shape index (κ1) is 16.7. The van der Waals surface area contributed by atoms with E-state index in [1.807, 2.05) is 19.1 Å². The van der Waals surface area contributed by atoms with Crippen LogP contribution in [0.1, 0.15) is 34.0 Å². The molecule has 2 aromatic carbocycles. The van der Waals surface area contributed by atoms with Gasteiger partial charge in [0.1, 0.15) is 28.6 Å². The molecule has 0 bridgehead atoms. The number of aryl methyl sites for hydroxylation is 1. The Balaban J connectivity index is 2.21. The van der Waals surface area contributed by atoms with Crippen LogP contribution < -0.4 is 15.8 Å². The highest BCUT2D eigenvalue weighted by atomic mass is 16.5. The van der Waals surface area contributed by atoms with E-state index in [0.29, 0.717) is 11.3 Å². The highest BCUT2D eigenvalue weighted by molar-refractivity contribution is 6.14. The molecule has 7 nitrogen and oxygen atoms in total. The summed E-state index contributed by atoms with van der Waals surface area (Å²) in [5, 5.41) is 23.4. The number of benzene rings is 2. The molecule has 1 amide bonds. The number of nitriles is 1. The number of ketones is 1. The van der Waals surface area contributed by atoms with E-state index in [9.17, 15) is 20.0 Å². The Labute approximate surface area is 154 Å². The summed E-state index contributed by atoms with van der Waals surface area (Å²) in [4.78, 5) is 25.2. The monoisotopic (exact) mass is 361 g/mol. The zero-order valence-electron chi connectivity index (χ0n) is 14.6. The first-order valence-corrected chi connectivity index (χ1v) is 8.20. The van der Waals surface area contributed by atoms with Crippen molar-refractivity contribution in [1.29, 1.82) is 5.26 Å². The lowest BCUT2D eigenvalue weighted by Crippen LogP contribution is -2.42. The van der Waals surface area contributed by atoms with E-state index in [-0.39, 0.29) is 34.1 Å². The molecular formula is C20H15N3O4. The molecule has 4 N–H and O–H groups in total. The fraction of sp³-hybridized carbons (Fsp3) is 0.150. The molecule has 1 atom stereocenters. The lowest BCUT2D eigenvalue weighted by atomic mass is 9.67. The second-order valence-electron chi connectivity index (χ2n) is 6.60. The maximum atomic E-state index is 13.2.